The number of benzene rings is 2. The molecule has 2 aromatic rings. The summed E-state index contributed by atoms with van der Waals surface area (Å²) >= 11 is 4.68. The van der Waals surface area contributed by atoms with Gasteiger partial charge in [0.05, 0.1) is 6.61 Å². The maximum atomic E-state index is 12.0. The number of nitrogens with one attached hydrogen (secondary N) is 1. The van der Waals surface area contributed by atoms with Gasteiger partial charge in [-0.25, -0.2) is 0 Å². The van der Waals surface area contributed by atoms with Gasteiger partial charge in [-0.3, -0.25) is 10.1 Å². The van der Waals surface area contributed by atoms with Crippen molar-refractivity contribution in [3.05, 3.63) is 59.2 Å². The average Bonchev–Trinajstić information content (AvgIpc) is 2.54. The molecule has 0 radical (unpaired) electrons. The predicted molar refractivity (Wildman–Crippen MR) is 97.4 cm³/mol. The van der Waals surface area contributed by atoms with Crippen LogP contribution in [-0.2, 0) is 6.61 Å². The van der Waals surface area contributed by atoms with Gasteiger partial charge in [0.15, 0.2) is 16.6 Å². The van der Waals surface area contributed by atoms with Gasteiger partial charge in [0.1, 0.15) is 6.61 Å². The Hall–Kier alpha value is -2.60. The molecule has 0 spiro atoms. The molecule has 0 saturated heterocycles. The molecule has 1 amide bonds. The Kier molecular flexibility index (Phi) is 6.14. The zero-order valence-corrected chi connectivity index (χ0v) is 14.5. The van der Waals surface area contributed by atoms with E-state index < -0.39 is 0 Å². The van der Waals surface area contributed by atoms with Crippen LogP contribution >= 0.6 is 12.2 Å². The summed E-state index contributed by atoms with van der Waals surface area (Å²) in [4.78, 5) is 12.0. The van der Waals surface area contributed by atoms with Crippen molar-refractivity contribution in [2.45, 2.75) is 20.5 Å². The first-order valence-corrected chi connectivity index (χ1v) is 7.96. The molecule has 0 bridgehead atoms. The highest BCUT2D eigenvalue weighted by atomic mass is 32.1. The second kappa shape index (κ2) is 8.31. The first kappa shape index (κ1) is 17.7. The van der Waals surface area contributed by atoms with Crippen molar-refractivity contribution in [2.24, 2.45) is 5.73 Å². The molecule has 0 aliphatic rings. The first-order chi connectivity index (χ1) is 11.5. The minimum atomic E-state index is -0.381. The van der Waals surface area contributed by atoms with E-state index in [1.807, 2.05) is 38.1 Å². The maximum absolute atomic E-state index is 12.0. The molecular formula is C18H20N2O3S. The molecule has 0 atom stereocenters. The predicted octanol–water partition coefficient (Wildman–Crippen LogP) is 2.95. The molecular weight excluding hydrogens is 324 g/mol. The topological polar surface area (TPSA) is 73.6 Å². The molecule has 0 aliphatic heterocycles. The Bertz CT molecular complexity index is 730. The molecule has 2 aromatic carbocycles. The van der Waals surface area contributed by atoms with E-state index in [0.717, 1.165) is 5.56 Å². The standard InChI is InChI=1S/C18H20N2O3S/c1-3-22-16-10-14(17(21)20-18(19)24)8-9-15(16)23-11-13-6-4-12(2)5-7-13/h4-10H,3,11H2,1-2H3,(H3,19,20,21,24). The van der Waals surface area contributed by atoms with E-state index >= 15 is 0 Å². The van der Waals surface area contributed by atoms with Gasteiger partial charge in [-0.05, 0) is 49.8 Å². The van der Waals surface area contributed by atoms with Gasteiger partial charge in [0.25, 0.3) is 5.91 Å². The number of hydrogen-bond acceptors (Lipinski definition) is 4. The molecule has 126 valence electrons. The van der Waals surface area contributed by atoms with Gasteiger partial charge in [0.2, 0.25) is 0 Å². The number of aryl methyl sites for hydroxylation is 1. The van der Waals surface area contributed by atoms with Crippen LogP contribution in [0.2, 0.25) is 0 Å². The number of ether oxygens (including phenoxy) is 2. The summed E-state index contributed by atoms with van der Waals surface area (Å²) in [6, 6.07) is 13.0. The number of carbonyl (C=O) groups is 1. The van der Waals surface area contributed by atoms with Gasteiger partial charge in [0, 0.05) is 5.56 Å². The SMILES string of the molecule is CCOc1cc(C(=O)NC(N)=S)ccc1OCc1ccc(C)cc1. The van der Waals surface area contributed by atoms with Crippen molar-refractivity contribution in [1.82, 2.24) is 5.32 Å². The maximum Gasteiger partial charge on any atom is 0.257 e. The summed E-state index contributed by atoms with van der Waals surface area (Å²) < 4.78 is 11.4. The molecule has 3 N–H and O–H groups in total. The Balaban J connectivity index is 2.15. The van der Waals surface area contributed by atoms with Crippen LogP contribution in [0.15, 0.2) is 42.5 Å². The summed E-state index contributed by atoms with van der Waals surface area (Å²) in [6.07, 6.45) is 0. The van der Waals surface area contributed by atoms with Gasteiger partial charge in [-0.15, -0.1) is 0 Å². The molecule has 5 nitrogen and oxygen atoms in total. The number of thiocarbonyl (C=S) groups is 1. The molecule has 6 heteroatoms. The lowest BCUT2D eigenvalue weighted by atomic mass is 10.1. The van der Waals surface area contributed by atoms with Crippen LogP contribution in [0.3, 0.4) is 0 Å². The highest BCUT2D eigenvalue weighted by molar-refractivity contribution is 7.80. The highest BCUT2D eigenvalue weighted by Gasteiger charge is 2.12. The summed E-state index contributed by atoms with van der Waals surface area (Å²) in [6.45, 7) is 4.78. The van der Waals surface area contributed by atoms with Crippen LogP contribution in [0, 0.1) is 6.92 Å². The van der Waals surface area contributed by atoms with Gasteiger partial charge < -0.3 is 15.2 Å². The number of rotatable bonds is 6. The summed E-state index contributed by atoms with van der Waals surface area (Å²) in [5.74, 6) is 0.693. The number of hydrogen-bond donors (Lipinski definition) is 2. The number of carbonyl (C=O) groups excluding carboxylic acids is 1. The van der Waals surface area contributed by atoms with Crippen molar-refractivity contribution < 1.29 is 14.3 Å². The second-order valence-electron chi connectivity index (χ2n) is 5.19. The quantitative estimate of drug-likeness (QED) is 0.788. The van der Waals surface area contributed by atoms with Gasteiger partial charge in [-0.2, -0.15) is 0 Å². The second-order valence-corrected chi connectivity index (χ2v) is 5.63. The fourth-order valence-electron chi connectivity index (χ4n) is 2.07. The Morgan fingerprint density at radius 3 is 2.46 bits per heavy atom. The van der Waals surface area contributed by atoms with Gasteiger partial charge in [-0.1, -0.05) is 29.8 Å². The third-order valence-electron chi connectivity index (χ3n) is 3.26. The van der Waals surface area contributed by atoms with Crippen LogP contribution < -0.4 is 20.5 Å². The molecule has 0 aliphatic carbocycles. The van der Waals surface area contributed by atoms with Crippen LogP contribution in [-0.4, -0.2) is 17.6 Å². The van der Waals surface area contributed by atoms with Crippen molar-refractivity contribution in [1.29, 1.82) is 0 Å². The highest BCUT2D eigenvalue weighted by Crippen LogP contribution is 2.29. The van der Waals surface area contributed by atoms with E-state index in [-0.39, 0.29) is 11.0 Å². The normalized spacial score (nSPS) is 10.1. The Morgan fingerprint density at radius 2 is 1.83 bits per heavy atom. The fourth-order valence-corrected chi connectivity index (χ4v) is 2.16. The molecule has 0 unspecified atom stereocenters. The fraction of sp³-hybridized carbons (Fsp3) is 0.222. The van der Waals surface area contributed by atoms with E-state index in [4.69, 9.17) is 15.2 Å². The summed E-state index contributed by atoms with van der Waals surface area (Å²) in [5.41, 5.74) is 7.97. The van der Waals surface area contributed by atoms with Crippen LogP contribution in [0.5, 0.6) is 11.5 Å². The molecule has 2 rings (SSSR count). The van der Waals surface area contributed by atoms with Crippen LogP contribution in [0.1, 0.15) is 28.4 Å². The number of amides is 1. The lowest BCUT2D eigenvalue weighted by Crippen LogP contribution is -2.34. The van der Waals surface area contributed by atoms with E-state index in [1.165, 1.54) is 5.56 Å². The van der Waals surface area contributed by atoms with E-state index in [2.05, 4.69) is 17.5 Å². The smallest absolute Gasteiger partial charge is 0.257 e. The first-order valence-electron chi connectivity index (χ1n) is 7.55. The lowest BCUT2D eigenvalue weighted by molar-refractivity contribution is 0.0977. The Morgan fingerprint density at radius 1 is 1.12 bits per heavy atom. The molecule has 24 heavy (non-hydrogen) atoms. The van der Waals surface area contributed by atoms with Crippen molar-refractivity contribution in [3.63, 3.8) is 0 Å². The van der Waals surface area contributed by atoms with Crippen molar-refractivity contribution >= 4 is 23.2 Å². The zero-order valence-electron chi connectivity index (χ0n) is 13.7. The van der Waals surface area contributed by atoms with E-state index in [1.54, 1.807) is 18.2 Å². The minimum Gasteiger partial charge on any atom is -0.490 e. The van der Waals surface area contributed by atoms with Crippen molar-refractivity contribution in [2.75, 3.05) is 6.61 Å². The molecule has 0 saturated carbocycles. The largest absolute Gasteiger partial charge is 0.490 e. The van der Waals surface area contributed by atoms with Crippen LogP contribution in [0.25, 0.3) is 0 Å². The summed E-state index contributed by atoms with van der Waals surface area (Å²) in [5, 5.41) is 2.31. The molecule has 0 heterocycles. The van der Waals surface area contributed by atoms with E-state index in [9.17, 15) is 4.79 Å². The number of nitrogens with two attached hydrogens (primary N) is 1. The van der Waals surface area contributed by atoms with Gasteiger partial charge >= 0.3 is 0 Å². The Labute approximate surface area is 146 Å². The summed E-state index contributed by atoms with van der Waals surface area (Å²) in [7, 11) is 0. The van der Waals surface area contributed by atoms with E-state index in [0.29, 0.717) is 30.3 Å². The molecule has 0 aromatic heterocycles. The van der Waals surface area contributed by atoms with Crippen LogP contribution in [0.4, 0.5) is 0 Å². The lowest BCUT2D eigenvalue weighted by Gasteiger charge is -2.13. The monoisotopic (exact) mass is 344 g/mol. The minimum absolute atomic E-state index is 0.0716. The third kappa shape index (κ3) is 4.96. The van der Waals surface area contributed by atoms with Crippen molar-refractivity contribution in [3.8, 4) is 11.5 Å². The molecule has 0 fully saturated rings. The average molecular weight is 344 g/mol. The third-order valence-corrected chi connectivity index (χ3v) is 3.36. The zero-order chi connectivity index (χ0) is 17.5.